The van der Waals surface area contributed by atoms with E-state index in [2.05, 4.69) is 0 Å². The molecule has 1 aromatic carbocycles. The van der Waals surface area contributed by atoms with Gasteiger partial charge in [0, 0.05) is 26.9 Å². The minimum atomic E-state index is -3.39. The lowest BCUT2D eigenvalue weighted by Gasteiger charge is -2.12. The van der Waals surface area contributed by atoms with Gasteiger partial charge in [-0.2, -0.15) is 0 Å². The molecule has 16 heavy (non-hydrogen) atoms. The standard InChI is InChI=1S/C11H13NO3S/c1-12(2)16(14,15)11-4-3-8-5-10(13)6-9(8)7-11/h3-4,7H,5-6H2,1-2H3. The van der Waals surface area contributed by atoms with Crippen LogP contribution in [-0.4, -0.2) is 32.6 Å². The van der Waals surface area contributed by atoms with Gasteiger partial charge in [0.15, 0.2) is 0 Å². The quantitative estimate of drug-likeness (QED) is 0.759. The van der Waals surface area contributed by atoms with Crippen LogP contribution in [0.2, 0.25) is 0 Å². The summed E-state index contributed by atoms with van der Waals surface area (Å²) in [6, 6.07) is 4.90. The van der Waals surface area contributed by atoms with Crippen molar-refractivity contribution in [1.29, 1.82) is 0 Å². The molecule has 1 aromatic rings. The van der Waals surface area contributed by atoms with Crippen LogP contribution < -0.4 is 0 Å². The van der Waals surface area contributed by atoms with Crippen molar-refractivity contribution in [2.75, 3.05) is 14.1 Å². The molecule has 1 aliphatic carbocycles. The van der Waals surface area contributed by atoms with Gasteiger partial charge < -0.3 is 0 Å². The summed E-state index contributed by atoms with van der Waals surface area (Å²) in [6.45, 7) is 0. The molecule has 0 unspecified atom stereocenters. The van der Waals surface area contributed by atoms with Crippen molar-refractivity contribution in [3.05, 3.63) is 29.3 Å². The monoisotopic (exact) mass is 239 g/mol. The number of hydrogen-bond donors (Lipinski definition) is 0. The molecule has 0 fully saturated rings. The molecule has 0 amide bonds. The second kappa shape index (κ2) is 3.68. The van der Waals surface area contributed by atoms with Crippen LogP contribution in [0.4, 0.5) is 0 Å². The van der Waals surface area contributed by atoms with Gasteiger partial charge >= 0.3 is 0 Å². The van der Waals surface area contributed by atoms with E-state index in [1.165, 1.54) is 18.4 Å². The Kier molecular flexibility index (Phi) is 2.59. The van der Waals surface area contributed by atoms with E-state index < -0.39 is 10.0 Å². The van der Waals surface area contributed by atoms with Gasteiger partial charge in [0.25, 0.3) is 0 Å². The SMILES string of the molecule is CN(C)S(=O)(=O)c1ccc2c(c1)CC(=O)C2. The number of ketones is 1. The Labute approximate surface area is 94.9 Å². The summed E-state index contributed by atoms with van der Waals surface area (Å²) in [5.41, 5.74) is 1.79. The van der Waals surface area contributed by atoms with Crippen LogP contribution in [-0.2, 0) is 27.7 Å². The number of hydrogen-bond acceptors (Lipinski definition) is 3. The molecular formula is C11H13NO3S. The molecule has 0 saturated heterocycles. The Balaban J connectivity index is 2.48. The summed E-state index contributed by atoms with van der Waals surface area (Å²) >= 11 is 0. The molecule has 0 bridgehead atoms. The zero-order valence-electron chi connectivity index (χ0n) is 9.23. The molecule has 0 N–H and O–H groups in total. The molecule has 0 spiro atoms. The summed E-state index contributed by atoms with van der Waals surface area (Å²) in [4.78, 5) is 11.5. The highest BCUT2D eigenvalue weighted by Gasteiger charge is 2.23. The molecule has 5 heteroatoms. The highest BCUT2D eigenvalue weighted by molar-refractivity contribution is 7.89. The predicted molar refractivity (Wildman–Crippen MR) is 59.7 cm³/mol. The number of fused-ring (bicyclic) bond motifs is 1. The summed E-state index contributed by atoms with van der Waals surface area (Å²) in [5, 5.41) is 0. The predicted octanol–water partition coefficient (Wildman–Crippen LogP) is 0.605. The first kappa shape index (κ1) is 11.3. The molecule has 0 radical (unpaired) electrons. The number of Topliss-reactive ketones (excluding diaryl/α,β-unsaturated/α-hetero) is 1. The third kappa shape index (κ3) is 1.76. The van der Waals surface area contributed by atoms with Crippen molar-refractivity contribution < 1.29 is 13.2 Å². The Morgan fingerprint density at radius 2 is 1.75 bits per heavy atom. The average molecular weight is 239 g/mol. The van der Waals surface area contributed by atoms with Crippen LogP contribution in [0.15, 0.2) is 23.1 Å². The van der Waals surface area contributed by atoms with E-state index in [9.17, 15) is 13.2 Å². The van der Waals surface area contributed by atoms with Crippen LogP contribution >= 0.6 is 0 Å². The zero-order chi connectivity index (χ0) is 11.9. The number of rotatable bonds is 2. The Hall–Kier alpha value is -1.20. The minimum Gasteiger partial charge on any atom is -0.299 e. The Morgan fingerprint density at radius 3 is 2.38 bits per heavy atom. The molecule has 4 nitrogen and oxygen atoms in total. The Bertz CT molecular complexity index is 546. The van der Waals surface area contributed by atoms with Crippen molar-refractivity contribution in [2.45, 2.75) is 17.7 Å². The number of sulfonamides is 1. The molecule has 1 aliphatic rings. The van der Waals surface area contributed by atoms with Crippen molar-refractivity contribution >= 4 is 15.8 Å². The molecule has 0 heterocycles. The van der Waals surface area contributed by atoms with Crippen molar-refractivity contribution in [1.82, 2.24) is 4.31 Å². The normalized spacial score (nSPS) is 15.6. The van der Waals surface area contributed by atoms with Crippen molar-refractivity contribution in [3.8, 4) is 0 Å². The molecule has 0 aliphatic heterocycles. The third-order valence-corrected chi connectivity index (χ3v) is 4.54. The third-order valence-electron chi connectivity index (χ3n) is 2.73. The van der Waals surface area contributed by atoms with Crippen LogP contribution in [0, 0.1) is 0 Å². The zero-order valence-corrected chi connectivity index (χ0v) is 10.0. The lowest BCUT2D eigenvalue weighted by Crippen LogP contribution is -2.22. The first-order valence-electron chi connectivity index (χ1n) is 4.97. The summed E-state index contributed by atoms with van der Waals surface area (Å²) in [5.74, 6) is 0.148. The maximum absolute atomic E-state index is 11.9. The molecule has 0 saturated carbocycles. The molecule has 0 atom stereocenters. The van der Waals surface area contributed by atoms with Crippen LogP contribution in [0.3, 0.4) is 0 Å². The number of benzene rings is 1. The van der Waals surface area contributed by atoms with Gasteiger partial charge in [0.1, 0.15) is 5.78 Å². The van der Waals surface area contributed by atoms with E-state index in [4.69, 9.17) is 0 Å². The first-order chi connectivity index (χ1) is 7.41. The summed E-state index contributed by atoms with van der Waals surface area (Å²) < 4.78 is 24.9. The van der Waals surface area contributed by atoms with Gasteiger partial charge in [-0.1, -0.05) is 6.07 Å². The van der Waals surface area contributed by atoms with E-state index in [0.29, 0.717) is 12.8 Å². The lowest BCUT2D eigenvalue weighted by atomic mass is 10.1. The summed E-state index contributed by atoms with van der Waals surface area (Å²) in [7, 11) is -0.406. The van der Waals surface area contributed by atoms with Crippen molar-refractivity contribution in [3.63, 3.8) is 0 Å². The van der Waals surface area contributed by atoms with E-state index in [1.807, 2.05) is 0 Å². The number of carbonyl (C=O) groups excluding carboxylic acids is 1. The van der Waals surface area contributed by atoms with E-state index in [-0.39, 0.29) is 10.7 Å². The fourth-order valence-corrected chi connectivity index (χ4v) is 2.75. The second-order valence-electron chi connectivity index (χ2n) is 4.11. The fourth-order valence-electron chi connectivity index (χ4n) is 1.80. The van der Waals surface area contributed by atoms with Crippen LogP contribution in [0.1, 0.15) is 11.1 Å². The van der Waals surface area contributed by atoms with Gasteiger partial charge in [-0.15, -0.1) is 0 Å². The van der Waals surface area contributed by atoms with Crippen molar-refractivity contribution in [2.24, 2.45) is 0 Å². The highest BCUT2D eigenvalue weighted by atomic mass is 32.2. The van der Waals surface area contributed by atoms with Gasteiger partial charge in [0.05, 0.1) is 4.90 Å². The van der Waals surface area contributed by atoms with Gasteiger partial charge in [-0.05, 0) is 23.3 Å². The minimum absolute atomic E-state index is 0.148. The molecule has 0 aromatic heterocycles. The highest BCUT2D eigenvalue weighted by Crippen LogP contribution is 2.24. The van der Waals surface area contributed by atoms with Crippen LogP contribution in [0.25, 0.3) is 0 Å². The van der Waals surface area contributed by atoms with E-state index in [0.717, 1.165) is 11.1 Å². The largest absolute Gasteiger partial charge is 0.299 e. The van der Waals surface area contributed by atoms with E-state index >= 15 is 0 Å². The van der Waals surface area contributed by atoms with E-state index in [1.54, 1.807) is 18.2 Å². The lowest BCUT2D eigenvalue weighted by molar-refractivity contribution is -0.117. The molecule has 86 valence electrons. The van der Waals surface area contributed by atoms with Crippen LogP contribution in [0.5, 0.6) is 0 Å². The maximum Gasteiger partial charge on any atom is 0.242 e. The van der Waals surface area contributed by atoms with Gasteiger partial charge in [-0.25, -0.2) is 12.7 Å². The first-order valence-corrected chi connectivity index (χ1v) is 6.41. The van der Waals surface area contributed by atoms with Gasteiger partial charge in [-0.3, -0.25) is 4.79 Å². The van der Waals surface area contributed by atoms with Gasteiger partial charge in [0.2, 0.25) is 10.0 Å². The Morgan fingerprint density at radius 1 is 1.12 bits per heavy atom. The fraction of sp³-hybridized carbons (Fsp3) is 0.364. The number of nitrogens with zero attached hydrogens (tertiary/aromatic N) is 1. The smallest absolute Gasteiger partial charge is 0.242 e. The molecule has 2 rings (SSSR count). The molecular weight excluding hydrogens is 226 g/mol. The topological polar surface area (TPSA) is 54.5 Å². The maximum atomic E-state index is 11.9. The second-order valence-corrected chi connectivity index (χ2v) is 6.26. The summed E-state index contributed by atoms with van der Waals surface area (Å²) in [6.07, 6.45) is 0.781. The number of carbonyl (C=O) groups is 1. The average Bonchev–Trinajstić information content (AvgIpc) is 2.56.